The van der Waals surface area contributed by atoms with Crippen LogP contribution < -0.4 is 5.46 Å². The van der Waals surface area contributed by atoms with E-state index in [0.717, 1.165) is 0 Å². The highest BCUT2D eigenvalue weighted by Gasteiger charge is 2.11. The normalized spacial score (nSPS) is 9.75. The van der Waals surface area contributed by atoms with Gasteiger partial charge in [0.2, 0.25) is 0 Å². The molecule has 62 valence electrons. The monoisotopic (exact) mass is 229 g/mol. The van der Waals surface area contributed by atoms with E-state index in [9.17, 15) is 15.2 Å². The quantitative estimate of drug-likeness (QED) is 0.429. The lowest BCUT2D eigenvalue weighted by atomic mass is 9.95. The van der Waals surface area contributed by atoms with Crippen LogP contribution >= 0.6 is 15.9 Å². The minimum Gasteiger partial charge on any atom is -0.507 e. The molecule has 1 aromatic carbocycles. The fourth-order valence-electron chi connectivity index (χ4n) is 0.824. The molecular weight excluding hydrogens is 225 g/mol. The fraction of sp³-hybridized carbons (Fsp3) is 0. The van der Waals surface area contributed by atoms with Crippen molar-refractivity contribution in [3.63, 3.8) is 0 Å². The summed E-state index contributed by atoms with van der Waals surface area (Å²) in [4.78, 5) is 9.82. The first-order valence-corrected chi connectivity index (χ1v) is 3.95. The van der Waals surface area contributed by atoms with Crippen LogP contribution in [0.25, 0.3) is 0 Å². The number of phenolic OH excluding ortho intramolecular Hbond substituents is 1. The van der Waals surface area contributed by atoms with Crippen LogP contribution in [-0.2, 0) is 0 Å². The van der Waals surface area contributed by atoms with Crippen molar-refractivity contribution in [1.82, 2.24) is 0 Å². The number of nitrogens with zero attached hydrogens (tertiary/aromatic N) is 1. The molecule has 0 spiro atoms. The second-order valence-corrected chi connectivity index (χ2v) is 3.20. The Kier molecular flexibility index (Phi) is 2.37. The maximum absolute atomic E-state index is 10.3. The maximum Gasteiger partial charge on any atom is 0.270 e. The van der Waals surface area contributed by atoms with Gasteiger partial charge in [-0.25, -0.2) is 0 Å². The predicted molar refractivity (Wildman–Crippen MR) is 50.6 cm³/mol. The number of hydrogen-bond acceptors (Lipinski definition) is 3. The molecule has 0 aliphatic carbocycles. The van der Waals surface area contributed by atoms with Crippen molar-refractivity contribution >= 4 is 34.9 Å². The average Bonchev–Trinajstić information content (AvgIpc) is 1.99. The van der Waals surface area contributed by atoms with Crippen molar-refractivity contribution in [3.05, 3.63) is 26.7 Å². The molecule has 0 aromatic heterocycles. The van der Waals surface area contributed by atoms with Crippen LogP contribution in [0.5, 0.6) is 5.75 Å². The number of nitro benzene ring substituents is 1. The SMILES string of the molecule is Bc1cc([N+](=O)[O-])cc(Br)c1O. The number of hydrogen-bond donors (Lipinski definition) is 1. The van der Waals surface area contributed by atoms with Crippen molar-refractivity contribution in [2.24, 2.45) is 0 Å². The Morgan fingerprint density at radius 2 is 2.17 bits per heavy atom. The van der Waals surface area contributed by atoms with E-state index in [-0.39, 0.29) is 11.4 Å². The number of phenols is 1. The minimum atomic E-state index is -0.503. The minimum absolute atomic E-state index is 0.0304. The second kappa shape index (κ2) is 3.14. The van der Waals surface area contributed by atoms with Gasteiger partial charge >= 0.3 is 0 Å². The van der Waals surface area contributed by atoms with E-state index < -0.39 is 4.92 Å². The van der Waals surface area contributed by atoms with E-state index in [1.54, 1.807) is 7.85 Å². The lowest BCUT2D eigenvalue weighted by Crippen LogP contribution is -2.04. The van der Waals surface area contributed by atoms with Gasteiger partial charge in [0.15, 0.2) is 0 Å². The molecule has 0 radical (unpaired) electrons. The molecule has 1 aromatic rings. The van der Waals surface area contributed by atoms with Crippen LogP contribution in [-0.4, -0.2) is 17.9 Å². The molecule has 0 atom stereocenters. The molecule has 0 fully saturated rings. The Hall–Kier alpha value is -1.04. The van der Waals surface area contributed by atoms with Gasteiger partial charge in [0.05, 0.1) is 9.40 Å². The van der Waals surface area contributed by atoms with E-state index in [2.05, 4.69) is 15.9 Å². The third-order valence-corrected chi connectivity index (χ3v) is 2.05. The molecule has 1 N–H and O–H groups in total. The van der Waals surface area contributed by atoms with Crippen LogP contribution in [0.2, 0.25) is 0 Å². The summed E-state index contributed by atoms with van der Waals surface area (Å²) >= 11 is 3.01. The largest absolute Gasteiger partial charge is 0.507 e. The Morgan fingerprint density at radius 3 is 2.58 bits per heavy atom. The zero-order chi connectivity index (χ0) is 9.30. The number of rotatable bonds is 1. The van der Waals surface area contributed by atoms with Crippen LogP contribution in [0, 0.1) is 10.1 Å². The topological polar surface area (TPSA) is 63.4 Å². The van der Waals surface area contributed by atoms with E-state index in [4.69, 9.17) is 0 Å². The molecular formula is C6H5BBrNO3. The van der Waals surface area contributed by atoms with E-state index in [1.807, 2.05) is 0 Å². The van der Waals surface area contributed by atoms with Gasteiger partial charge in [0, 0.05) is 12.1 Å². The van der Waals surface area contributed by atoms with E-state index in [0.29, 0.717) is 9.94 Å². The van der Waals surface area contributed by atoms with Crippen molar-refractivity contribution in [1.29, 1.82) is 0 Å². The van der Waals surface area contributed by atoms with Gasteiger partial charge in [0.25, 0.3) is 5.69 Å². The van der Waals surface area contributed by atoms with Gasteiger partial charge in [-0.05, 0) is 21.4 Å². The summed E-state index contributed by atoms with van der Waals surface area (Å²) in [5, 5.41) is 19.6. The number of nitro groups is 1. The zero-order valence-corrected chi connectivity index (χ0v) is 7.83. The van der Waals surface area contributed by atoms with Gasteiger partial charge in [0.1, 0.15) is 13.6 Å². The van der Waals surface area contributed by atoms with Crippen LogP contribution in [0.15, 0.2) is 16.6 Å². The number of benzene rings is 1. The summed E-state index contributed by atoms with van der Waals surface area (Å²) in [5.74, 6) is 0.0422. The smallest absolute Gasteiger partial charge is 0.270 e. The van der Waals surface area contributed by atoms with E-state index in [1.165, 1.54) is 12.1 Å². The van der Waals surface area contributed by atoms with Gasteiger partial charge in [-0.2, -0.15) is 0 Å². The summed E-state index contributed by atoms with van der Waals surface area (Å²) in [6.45, 7) is 0. The summed E-state index contributed by atoms with van der Waals surface area (Å²) in [7, 11) is 1.60. The summed E-state index contributed by atoms with van der Waals surface area (Å²) < 4.78 is 0.342. The van der Waals surface area contributed by atoms with Gasteiger partial charge < -0.3 is 5.11 Å². The first-order valence-electron chi connectivity index (χ1n) is 3.16. The lowest BCUT2D eigenvalue weighted by Gasteiger charge is -2.00. The molecule has 6 heteroatoms. The molecule has 0 heterocycles. The Labute approximate surface area is 77.9 Å². The van der Waals surface area contributed by atoms with Crippen LogP contribution in [0.1, 0.15) is 0 Å². The van der Waals surface area contributed by atoms with Crippen molar-refractivity contribution in [2.45, 2.75) is 0 Å². The molecule has 0 aliphatic rings. The third-order valence-electron chi connectivity index (χ3n) is 1.45. The standard InChI is InChI=1S/C6H5BBrNO3/c7-4-1-3(9(11)12)2-5(8)6(4)10/h1-2,10H,7H2. The van der Waals surface area contributed by atoms with Crippen LogP contribution in [0.4, 0.5) is 5.69 Å². The third kappa shape index (κ3) is 1.58. The summed E-state index contributed by atoms with van der Waals surface area (Å²) in [5.41, 5.74) is 0.452. The predicted octanol–water partition coefficient (Wildman–Crippen LogP) is 0.321. The molecule has 12 heavy (non-hydrogen) atoms. The highest BCUT2D eigenvalue weighted by atomic mass is 79.9. The van der Waals surface area contributed by atoms with Gasteiger partial charge in [-0.15, -0.1) is 0 Å². The Morgan fingerprint density at radius 1 is 1.58 bits per heavy atom. The van der Waals surface area contributed by atoms with Crippen molar-refractivity contribution < 1.29 is 10.0 Å². The number of aromatic hydroxyl groups is 1. The first-order chi connectivity index (χ1) is 5.52. The second-order valence-electron chi connectivity index (χ2n) is 2.35. The highest BCUT2D eigenvalue weighted by Crippen LogP contribution is 2.25. The van der Waals surface area contributed by atoms with Gasteiger partial charge in [-0.3, -0.25) is 10.1 Å². The Balaban J connectivity index is 3.31. The molecule has 0 amide bonds. The number of halogens is 1. The maximum atomic E-state index is 10.3. The zero-order valence-electron chi connectivity index (χ0n) is 6.24. The van der Waals surface area contributed by atoms with Crippen molar-refractivity contribution in [2.75, 3.05) is 0 Å². The molecule has 0 saturated carbocycles. The van der Waals surface area contributed by atoms with Crippen LogP contribution in [0.3, 0.4) is 0 Å². The van der Waals surface area contributed by atoms with E-state index >= 15 is 0 Å². The molecule has 0 saturated heterocycles. The first kappa shape index (κ1) is 9.06. The molecule has 0 unspecified atom stereocenters. The summed E-state index contributed by atoms with van der Waals surface area (Å²) in [6, 6.07) is 2.59. The fourth-order valence-corrected chi connectivity index (χ4v) is 1.37. The molecule has 4 nitrogen and oxygen atoms in total. The molecule has 1 rings (SSSR count). The van der Waals surface area contributed by atoms with Crippen molar-refractivity contribution in [3.8, 4) is 5.75 Å². The Bertz CT molecular complexity index is 319. The molecule has 0 bridgehead atoms. The highest BCUT2D eigenvalue weighted by molar-refractivity contribution is 9.10. The average molecular weight is 230 g/mol. The number of non-ortho nitro benzene ring substituents is 1. The lowest BCUT2D eigenvalue weighted by molar-refractivity contribution is -0.384. The van der Waals surface area contributed by atoms with Gasteiger partial charge in [-0.1, -0.05) is 0 Å². The molecule has 0 aliphatic heterocycles. The summed E-state index contributed by atoms with van der Waals surface area (Å²) in [6.07, 6.45) is 0.